The van der Waals surface area contributed by atoms with Crippen LogP contribution in [0.5, 0.6) is 0 Å². The third-order valence-electron chi connectivity index (χ3n) is 1.99. The Labute approximate surface area is 76.1 Å². The van der Waals surface area contributed by atoms with Crippen LogP contribution in [-0.2, 0) is 0 Å². The zero-order valence-electron chi connectivity index (χ0n) is 8.42. The van der Waals surface area contributed by atoms with Crippen LogP contribution in [0.3, 0.4) is 0 Å². The molecule has 0 saturated carbocycles. The Morgan fingerprint density at radius 1 is 1.33 bits per heavy atom. The minimum Gasteiger partial charge on any atom is -0.329 e. The zero-order chi connectivity index (χ0) is 9.40. The molecule has 0 aliphatic carbocycles. The molecule has 0 bridgehead atoms. The molecule has 3 nitrogen and oxygen atoms in total. The Kier molecular flexibility index (Phi) is 7.45. The van der Waals surface area contributed by atoms with E-state index in [2.05, 4.69) is 18.9 Å². The predicted molar refractivity (Wildman–Crippen MR) is 54.1 cm³/mol. The van der Waals surface area contributed by atoms with Crippen LogP contribution in [0.1, 0.15) is 26.2 Å². The summed E-state index contributed by atoms with van der Waals surface area (Å²) in [6, 6.07) is 0.136. The van der Waals surface area contributed by atoms with E-state index in [4.69, 9.17) is 11.5 Å². The summed E-state index contributed by atoms with van der Waals surface area (Å²) in [6.07, 6.45) is 3.85. The molecule has 0 aromatic rings. The summed E-state index contributed by atoms with van der Waals surface area (Å²) in [7, 11) is 2.10. The minimum absolute atomic E-state index is 0.136. The van der Waals surface area contributed by atoms with Crippen molar-refractivity contribution in [3.05, 3.63) is 0 Å². The number of hydrogen-bond donors (Lipinski definition) is 2. The average molecular weight is 173 g/mol. The van der Waals surface area contributed by atoms with Crippen molar-refractivity contribution in [2.24, 2.45) is 11.5 Å². The van der Waals surface area contributed by atoms with Gasteiger partial charge in [0.25, 0.3) is 0 Å². The summed E-state index contributed by atoms with van der Waals surface area (Å²) < 4.78 is 0. The fourth-order valence-corrected chi connectivity index (χ4v) is 1.20. The van der Waals surface area contributed by atoms with E-state index in [0.29, 0.717) is 6.54 Å². The number of rotatable bonds is 7. The van der Waals surface area contributed by atoms with Crippen molar-refractivity contribution < 1.29 is 0 Å². The molecule has 0 aromatic carbocycles. The van der Waals surface area contributed by atoms with Gasteiger partial charge in [-0.1, -0.05) is 19.8 Å². The monoisotopic (exact) mass is 173 g/mol. The molecule has 0 radical (unpaired) electrons. The van der Waals surface area contributed by atoms with Crippen LogP contribution in [0.25, 0.3) is 0 Å². The molecule has 0 aromatic heterocycles. The second kappa shape index (κ2) is 7.53. The van der Waals surface area contributed by atoms with Crippen LogP contribution < -0.4 is 11.5 Å². The maximum Gasteiger partial charge on any atom is 0.0292 e. The van der Waals surface area contributed by atoms with Crippen molar-refractivity contribution in [1.82, 2.24) is 4.90 Å². The van der Waals surface area contributed by atoms with Crippen LogP contribution in [-0.4, -0.2) is 37.6 Å². The lowest BCUT2D eigenvalue weighted by atomic mass is 10.2. The van der Waals surface area contributed by atoms with Crippen molar-refractivity contribution in [2.75, 3.05) is 26.7 Å². The van der Waals surface area contributed by atoms with Gasteiger partial charge in [-0.2, -0.15) is 0 Å². The molecular formula is C9H23N3. The molecular weight excluding hydrogens is 150 g/mol. The summed E-state index contributed by atoms with van der Waals surface area (Å²) in [5.41, 5.74) is 11.1. The van der Waals surface area contributed by atoms with Gasteiger partial charge in [-0.15, -0.1) is 0 Å². The van der Waals surface area contributed by atoms with Gasteiger partial charge in [-0.25, -0.2) is 0 Å². The highest BCUT2D eigenvalue weighted by Gasteiger charge is 2.03. The first-order valence-electron chi connectivity index (χ1n) is 4.84. The molecule has 74 valence electrons. The molecule has 0 aliphatic heterocycles. The lowest BCUT2D eigenvalue weighted by Crippen LogP contribution is -2.40. The molecule has 0 rings (SSSR count). The van der Waals surface area contributed by atoms with Crippen LogP contribution in [0.4, 0.5) is 0 Å². The molecule has 0 aliphatic rings. The maximum absolute atomic E-state index is 5.71. The van der Waals surface area contributed by atoms with Crippen molar-refractivity contribution in [3.63, 3.8) is 0 Å². The Morgan fingerprint density at radius 3 is 2.50 bits per heavy atom. The summed E-state index contributed by atoms with van der Waals surface area (Å²) in [6.45, 7) is 4.85. The quantitative estimate of drug-likeness (QED) is 0.548. The summed E-state index contributed by atoms with van der Waals surface area (Å²) in [5, 5.41) is 0. The van der Waals surface area contributed by atoms with Gasteiger partial charge >= 0.3 is 0 Å². The van der Waals surface area contributed by atoms with Crippen LogP contribution in [0, 0.1) is 0 Å². The molecule has 0 fully saturated rings. The van der Waals surface area contributed by atoms with Gasteiger partial charge in [-0.3, -0.25) is 0 Å². The zero-order valence-corrected chi connectivity index (χ0v) is 8.42. The first-order valence-corrected chi connectivity index (χ1v) is 4.84. The van der Waals surface area contributed by atoms with E-state index in [9.17, 15) is 0 Å². The molecule has 0 saturated heterocycles. The lowest BCUT2D eigenvalue weighted by molar-refractivity contribution is 0.305. The normalized spacial score (nSPS) is 13.8. The Morgan fingerprint density at radius 2 is 2.00 bits per heavy atom. The molecule has 0 heterocycles. The van der Waals surface area contributed by atoms with Crippen LogP contribution in [0.2, 0.25) is 0 Å². The summed E-state index contributed by atoms with van der Waals surface area (Å²) >= 11 is 0. The molecule has 12 heavy (non-hydrogen) atoms. The van der Waals surface area contributed by atoms with Gasteiger partial charge in [0.1, 0.15) is 0 Å². The van der Waals surface area contributed by atoms with Gasteiger partial charge in [0.15, 0.2) is 0 Å². The topological polar surface area (TPSA) is 55.3 Å². The summed E-state index contributed by atoms with van der Waals surface area (Å²) in [4.78, 5) is 2.26. The Balaban J connectivity index is 3.26. The first-order chi connectivity index (χ1) is 5.70. The van der Waals surface area contributed by atoms with E-state index in [-0.39, 0.29) is 6.04 Å². The number of hydrogen-bond acceptors (Lipinski definition) is 3. The SMILES string of the molecule is CCCCCN(C)CC(N)CN. The standard InChI is InChI=1S/C9H23N3/c1-3-4-5-6-12(2)8-9(11)7-10/h9H,3-8,10-11H2,1-2H3. The van der Waals surface area contributed by atoms with E-state index < -0.39 is 0 Å². The number of nitrogens with two attached hydrogens (primary N) is 2. The second-order valence-corrected chi connectivity index (χ2v) is 3.47. The molecule has 1 atom stereocenters. The van der Waals surface area contributed by atoms with Gasteiger partial charge in [0.2, 0.25) is 0 Å². The molecule has 1 unspecified atom stereocenters. The average Bonchev–Trinajstić information content (AvgIpc) is 2.05. The number of likely N-dealkylation sites (N-methyl/N-ethyl adjacent to an activating group) is 1. The third kappa shape index (κ3) is 6.58. The Bertz CT molecular complexity index is 95.8. The highest BCUT2D eigenvalue weighted by atomic mass is 15.1. The minimum atomic E-state index is 0.136. The lowest BCUT2D eigenvalue weighted by Gasteiger charge is -2.19. The van der Waals surface area contributed by atoms with E-state index in [1.54, 1.807) is 0 Å². The third-order valence-corrected chi connectivity index (χ3v) is 1.99. The fraction of sp³-hybridized carbons (Fsp3) is 1.00. The maximum atomic E-state index is 5.71. The smallest absolute Gasteiger partial charge is 0.0292 e. The summed E-state index contributed by atoms with van der Waals surface area (Å²) in [5.74, 6) is 0. The van der Waals surface area contributed by atoms with Crippen molar-refractivity contribution >= 4 is 0 Å². The molecule has 3 heteroatoms. The van der Waals surface area contributed by atoms with E-state index in [1.807, 2.05) is 0 Å². The molecule has 0 spiro atoms. The second-order valence-electron chi connectivity index (χ2n) is 3.47. The first kappa shape index (κ1) is 11.9. The van der Waals surface area contributed by atoms with E-state index >= 15 is 0 Å². The predicted octanol–water partition coefficient (Wildman–Crippen LogP) is 0.394. The Hall–Kier alpha value is -0.120. The van der Waals surface area contributed by atoms with Gasteiger partial charge in [0.05, 0.1) is 0 Å². The van der Waals surface area contributed by atoms with Crippen molar-refractivity contribution in [3.8, 4) is 0 Å². The van der Waals surface area contributed by atoms with E-state index in [1.165, 1.54) is 19.3 Å². The number of nitrogens with zero attached hydrogens (tertiary/aromatic N) is 1. The largest absolute Gasteiger partial charge is 0.329 e. The highest BCUT2D eigenvalue weighted by molar-refractivity contribution is 4.65. The van der Waals surface area contributed by atoms with Crippen molar-refractivity contribution in [1.29, 1.82) is 0 Å². The fourth-order valence-electron chi connectivity index (χ4n) is 1.20. The van der Waals surface area contributed by atoms with Crippen LogP contribution >= 0.6 is 0 Å². The number of unbranched alkanes of at least 4 members (excludes halogenated alkanes) is 2. The molecule has 0 amide bonds. The van der Waals surface area contributed by atoms with Gasteiger partial charge < -0.3 is 16.4 Å². The molecule has 4 N–H and O–H groups in total. The highest BCUT2D eigenvalue weighted by Crippen LogP contribution is 1.96. The van der Waals surface area contributed by atoms with Gasteiger partial charge in [-0.05, 0) is 20.0 Å². The van der Waals surface area contributed by atoms with Crippen molar-refractivity contribution in [2.45, 2.75) is 32.2 Å². The van der Waals surface area contributed by atoms with Gasteiger partial charge in [0, 0.05) is 19.1 Å². The van der Waals surface area contributed by atoms with Crippen LogP contribution in [0.15, 0.2) is 0 Å². The van der Waals surface area contributed by atoms with E-state index in [0.717, 1.165) is 13.1 Å².